The quantitative estimate of drug-likeness (QED) is 0.589. The number of hydrogen-bond acceptors (Lipinski definition) is 0. The van der Waals surface area contributed by atoms with Crippen LogP contribution in [0.2, 0.25) is 0 Å². The molecular weight excluding hydrogens is 267 g/mol. The first-order valence-electron chi connectivity index (χ1n) is 6.04. The van der Waals surface area contributed by atoms with Gasteiger partial charge in [-0.25, -0.2) is 0 Å². The van der Waals surface area contributed by atoms with Crippen molar-refractivity contribution in [1.29, 1.82) is 0 Å². The van der Waals surface area contributed by atoms with E-state index in [1.807, 2.05) is 55.5 Å². The molecule has 0 saturated carbocycles. The fraction of sp³-hybridized carbons (Fsp3) is 0.105. The molecule has 0 spiro atoms. The van der Waals surface area contributed by atoms with Gasteiger partial charge in [-0.15, -0.1) is 6.07 Å². The van der Waals surface area contributed by atoms with Gasteiger partial charge in [0, 0.05) is 0 Å². The predicted octanol–water partition coefficient (Wildman–Crippen LogP) is 2.51. The van der Waals surface area contributed by atoms with Crippen LogP contribution in [0.15, 0.2) is 67.3 Å². The molecule has 0 saturated heterocycles. The Kier molecular flexibility index (Phi) is 14.8. The Morgan fingerprint density at radius 2 is 1.50 bits per heavy atom. The van der Waals surface area contributed by atoms with Crippen LogP contribution in [0.5, 0.6) is 0 Å². The second-order valence-corrected chi connectivity index (χ2v) is 3.90. The molecule has 100 valence electrons. The summed E-state index contributed by atoms with van der Waals surface area (Å²) >= 11 is 0. The van der Waals surface area contributed by atoms with Gasteiger partial charge in [0.1, 0.15) is 0 Å². The third-order valence-electron chi connectivity index (χ3n) is 2.50. The summed E-state index contributed by atoms with van der Waals surface area (Å²) in [4.78, 5) is 0. The molecule has 0 aliphatic carbocycles. The number of benzene rings is 2. The molecule has 0 aliphatic rings. The van der Waals surface area contributed by atoms with Crippen LogP contribution in [0, 0.1) is 20.4 Å². The van der Waals surface area contributed by atoms with Crippen molar-refractivity contribution in [2.45, 2.75) is 13.8 Å². The average Bonchev–Trinajstić information content (AvgIpc) is 2.44. The van der Waals surface area contributed by atoms with Gasteiger partial charge in [0.25, 0.3) is 0 Å². The molecule has 0 aliphatic heterocycles. The smallest absolute Gasteiger partial charge is 0.358 e. The number of aryl methyl sites for hydroxylation is 1. The Labute approximate surface area is 167 Å². The van der Waals surface area contributed by atoms with E-state index in [1.54, 1.807) is 0 Å². The minimum absolute atomic E-state index is 0. The van der Waals surface area contributed by atoms with E-state index < -0.39 is 0 Å². The number of hydrogen-bond donors (Lipinski definition) is 0. The molecule has 20 heavy (non-hydrogen) atoms. The van der Waals surface area contributed by atoms with E-state index in [0.29, 0.717) is 0 Å². The van der Waals surface area contributed by atoms with E-state index in [9.17, 15) is 0 Å². The molecule has 0 atom stereocenters. The van der Waals surface area contributed by atoms with Crippen LogP contribution < -0.4 is 51.4 Å². The van der Waals surface area contributed by atoms with Crippen molar-refractivity contribution < 1.29 is 51.4 Å². The third kappa shape index (κ3) is 8.67. The van der Waals surface area contributed by atoms with Crippen LogP contribution in [-0.2, 0) is 0 Å². The SMILES string of the molecule is C=[C-]c1ccc(C)c(/C=C\C)c1.[CH3-].[K+].c1ccccc1. The first-order valence-corrected chi connectivity index (χ1v) is 6.04. The van der Waals surface area contributed by atoms with Gasteiger partial charge in [-0.3, -0.25) is 0 Å². The van der Waals surface area contributed by atoms with Gasteiger partial charge in [-0.1, -0.05) is 59.7 Å². The van der Waals surface area contributed by atoms with Crippen molar-refractivity contribution in [3.63, 3.8) is 0 Å². The van der Waals surface area contributed by atoms with Crippen molar-refractivity contribution >= 4 is 6.08 Å². The molecule has 2 aromatic rings. The Morgan fingerprint density at radius 3 is 1.90 bits per heavy atom. The molecule has 0 bridgehead atoms. The molecule has 0 N–H and O–H groups in total. The fourth-order valence-electron chi connectivity index (χ4n) is 1.49. The summed E-state index contributed by atoms with van der Waals surface area (Å²) < 4.78 is 0. The molecule has 0 fully saturated rings. The molecule has 0 aromatic heterocycles. The van der Waals surface area contributed by atoms with E-state index >= 15 is 0 Å². The Morgan fingerprint density at radius 1 is 1.00 bits per heavy atom. The van der Waals surface area contributed by atoms with E-state index in [0.717, 1.165) is 5.56 Å². The molecule has 0 nitrogen and oxygen atoms in total. The van der Waals surface area contributed by atoms with Crippen LogP contribution >= 0.6 is 0 Å². The first kappa shape index (κ1) is 21.8. The zero-order valence-electron chi connectivity index (χ0n) is 13.1. The molecule has 0 radical (unpaired) electrons. The number of allylic oxidation sites excluding steroid dienone is 1. The topological polar surface area (TPSA) is 0 Å². The van der Waals surface area contributed by atoms with Gasteiger partial charge >= 0.3 is 51.4 Å². The van der Waals surface area contributed by atoms with E-state index in [4.69, 9.17) is 0 Å². The van der Waals surface area contributed by atoms with Gasteiger partial charge in [0.15, 0.2) is 0 Å². The van der Waals surface area contributed by atoms with Crippen LogP contribution in [-0.4, -0.2) is 0 Å². The summed E-state index contributed by atoms with van der Waals surface area (Å²) in [6.45, 7) is 7.73. The maximum atomic E-state index is 3.61. The minimum atomic E-state index is 0. The van der Waals surface area contributed by atoms with Gasteiger partial charge in [-0.05, 0) is 13.8 Å². The van der Waals surface area contributed by atoms with Crippen LogP contribution in [0.3, 0.4) is 0 Å². The van der Waals surface area contributed by atoms with Crippen molar-refractivity contribution in [2.75, 3.05) is 0 Å². The molecule has 1 heteroatoms. The standard InChI is InChI=1S/C12H13.C6H6.CH3.K/c1-4-6-12-9-11(5-2)8-7-10(12)3;1-2-4-6-5-3-1;;/h4,6-9H,2H2,1,3H3;1-6H;1H3;/q-1;;-1;+1/b6-4-;;;. The van der Waals surface area contributed by atoms with Gasteiger partial charge in [0.2, 0.25) is 0 Å². The van der Waals surface area contributed by atoms with Crippen molar-refractivity contribution in [3.8, 4) is 0 Å². The van der Waals surface area contributed by atoms with Crippen LogP contribution in [0.4, 0.5) is 0 Å². The van der Waals surface area contributed by atoms with Crippen molar-refractivity contribution in [2.24, 2.45) is 0 Å². The summed E-state index contributed by atoms with van der Waals surface area (Å²) in [6, 6.07) is 18.2. The number of rotatable bonds is 2. The Bertz CT molecular complexity index is 472. The second-order valence-electron chi connectivity index (χ2n) is 3.90. The maximum Gasteiger partial charge on any atom is 1.00 e. The third-order valence-corrected chi connectivity index (χ3v) is 2.50. The van der Waals surface area contributed by atoms with Crippen molar-refractivity contribution in [1.82, 2.24) is 0 Å². The van der Waals surface area contributed by atoms with Crippen LogP contribution in [0.25, 0.3) is 6.08 Å². The summed E-state index contributed by atoms with van der Waals surface area (Å²) in [5, 5.41) is 0. The van der Waals surface area contributed by atoms with E-state index in [1.165, 1.54) is 11.1 Å². The summed E-state index contributed by atoms with van der Waals surface area (Å²) in [6.07, 6.45) is 7.00. The largest absolute Gasteiger partial charge is 1.00 e. The maximum absolute atomic E-state index is 3.61. The molecule has 0 heterocycles. The van der Waals surface area contributed by atoms with Crippen molar-refractivity contribution in [3.05, 3.63) is 97.4 Å². The second kappa shape index (κ2) is 13.5. The zero-order valence-corrected chi connectivity index (χ0v) is 16.2. The van der Waals surface area contributed by atoms with Gasteiger partial charge < -0.3 is 7.43 Å². The van der Waals surface area contributed by atoms with Gasteiger partial charge in [-0.2, -0.15) is 30.4 Å². The molecular formula is C19H22K-. The monoisotopic (exact) mass is 289 g/mol. The fourth-order valence-corrected chi connectivity index (χ4v) is 1.49. The Balaban J connectivity index is 0. The summed E-state index contributed by atoms with van der Waals surface area (Å²) in [7, 11) is 0. The predicted molar refractivity (Wildman–Crippen MR) is 86.7 cm³/mol. The average molecular weight is 289 g/mol. The van der Waals surface area contributed by atoms with E-state index in [-0.39, 0.29) is 58.8 Å². The molecule has 2 rings (SSSR count). The molecule has 0 unspecified atom stereocenters. The normalized spacial score (nSPS) is 8.70. The molecule has 0 amide bonds. The molecule has 2 aromatic carbocycles. The minimum Gasteiger partial charge on any atom is -0.358 e. The van der Waals surface area contributed by atoms with E-state index in [2.05, 4.69) is 37.8 Å². The zero-order chi connectivity index (χ0) is 13.2. The first-order chi connectivity index (χ1) is 8.77. The Hall–Kier alpha value is -0.444. The summed E-state index contributed by atoms with van der Waals surface area (Å²) in [5.41, 5.74) is 3.58. The van der Waals surface area contributed by atoms with Gasteiger partial charge in [0.05, 0.1) is 0 Å². The van der Waals surface area contributed by atoms with Crippen LogP contribution in [0.1, 0.15) is 23.6 Å². The summed E-state index contributed by atoms with van der Waals surface area (Å²) in [5.74, 6) is 0.